The van der Waals surface area contributed by atoms with Crippen molar-refractivity contribution in [3.8, 4) is 17.2 Å². The van der Waals surface area contributed by atoms with Gasteiger partial charge in [0.25, 0.3) is 0 Å². The minimum Gasteiger partial charge on any atom is -0.493 e. The summed E-state index contributed by atoms with van der Waals surface area (Å²) in [4.78, 5) is 17.9. The predicted molar refractivity (Wildman–Crippen MR) is 134 cm³/mol. The summed E-state index contributed by atoms with van der Waals surface area (Å²) in [5, 5.41) is 0. The zero-order valence-corrected chi connectivity index (χ0v) is 20.8. The maximum absolute atomic E-state index is 13.4. The summed E-state index contributed by atoms with van der Waals surface area (Å²) in [5.74, 6) is 3.06. The Morgan fingerprint density at radius 2 is 1.62 bits per heavy atom. The molecule has 6 heteroatoms. The van der Waals surface area contributed by atoms with Crippen molar-refractivity contribution >= 4 is 5.91 Å². The Balaban J connectivity index is 1.33. The van der Waals surface area contributed by atoms with Crippen LogP contribution in [-0.2, 0) is 17.8 Å². The van der Waals surface area contributed by atoms with Gasteiger partial charge in [0.1, 0.15) is 0 Å². The lowest BCUT2D eigenvalue weighted by Crippen LogP contribution is -2.47. The molecule has 1 amide bonds. The fourth-order valence-electron chi connectivity index (χ4n) is 5.49. The zero-order chi connectivity index (χ0) is 23.9. The van der Waals surface area contributed by atoms with Gasteiger partial charge in [-0.3, -0.25) is 9.69 Å². The van der Waals surface area contributed by atoms with E-state index in [9.17, 15) is 4.79 Å². The molecule has 2 aromatic carbocycles. The third-order valence-electron chi connectivity index (χ3n) is 7.33. The number of carbonyl (C=O) groups is 1. The van der Waals surface area contributed by atoms with E-state index >= 15 is 0 Å². The average Bonchev–Trinajstić information content (AvgIpc) is 2.89. The van der Waals surface area contributed by atoms with Crippen LogP contribution in [0, 0.1) is 11.8 Å². The van der Waals surface area contributed by atoms with Crippen LogP contribution in [0.3, 0.4) is 0 Å². The SMILES string of the molecule is COc1ccc(CN2CCCC(C(=O)N3CCC(Cc4ccccc4)CC3)C2)c(OC)c1OC. The second kappa shape index (κ2) is 11.6. The molecule has 0 aliphatic carbocycles. The first kappa shape index (κ1) is 24.4. The summed E-state index contributed by atoms with van der Waals surface area (Å²) in [6.07, 6.45) is 5.33. The molecular formula is C28H38N2O4. The molecule has 0 saturated carbocycles. The number of hydrogen-bond donors (Lipinski definition) is 0. The highest BCUT2D eigenvalue weighted by Crippen LogP contribution is 2.40. The molecule has 2 aliphatic rings. The fraction of sp³-hybridized carbons (Fsp3) is 0.536. The predicted octanol–water partition coefficient (Wildman–Crippen LogP) is 4.41. The molecule has 2 fully saturated rings. The summed E-state index contributed by atoms with van der Waals surface area (Å²) in [6.45, 7) is 4.28. The Morgan fingerprint density at radius 1 is 0.882 bits per heavy atom. The van der Waals surface area contributed by atoms with Crippen LogP contribution in [0.25, 0.3) is 0 Å². The van der Waals surface area contributed by atoms with Gasteiger partial charge >= 0.3 is 0 Å². The number of likely N-dealkylation sites (tertiary alicyclic amines) is 2. The third kappa shape index (κ3) is 5.66. The quantitative estimate of drug-likeness (QED) is 0.577. The molecule has 0 radical (unpaired) electrons. The van der Waals surface area contributed by atoms with E-state index in [4.69, 9.17) is 14.2 Å². The first-order chi connectivity index (χ1) is 16.6. The number of amides is 1. The lowest BCUT2D eigenvalue weighted by molar-refractivity contribution is -0.138. The largest absolute Gasteiger partial charge is 0.493 e. The minimum atomic E-state index is 0.0746. The highest BCUT2D eigenvalue weighted by atomic mass is 16.5. The Kier molecular flexibility index (Phi) is 8.33. The number of hydrogen-bond acceptors (Lipinski definition) is 5. The van der Waals surface area contributed by atoms with Gasteiger partial charge in [-0.05, 0) is 56.2 Å². The van der Waals surface area contributed by atoms with Gasteiger partial charge in [0.15, 0.2) is 11.5 Å². The summed E-state index contributed by atoms with van der Waals surface area (Å²) >= 11 is 0. The van der Waals surface area contributed by atoms with Crippen molar-refractivity contribution in [3.63, 3.8) is 0 Å². The number of rotatable bonds is 8. The van der Waals surface area contributed by atoms with Crippen molar-refractivity contribution in [2.45, 2.75) is 38.6 Å². The van der Waals surface area contributed by atoms with Gasteiger partial charge in [-0.1, -0.05) is 36.4 Å². The van der Waals surface area contributed by atoms with Gasteiger partial charge in [0.05, 0.1) is 27.2 Å². The van der Waals surface area contributed by atoms with Gasteiger partial charge < -0.3 is 19.1 Å². The van der Waals surface area contributed by atoms with E-state index in [1.165, 1.54) is 5.56 Å². The number of piperidine rings is 2. The van der Waals surface area contributed by atoms with E-state index in [0.717, 1.165) is 70.4 Å². The maximum Gasteiger partial charge on any atom is 0.226 e. The van der Waals surface area contributed by atoms with Crippen LogP contribution in [0.2, 0.25) is 0 Å². The second-order valence-corrected chi connectivity index (χ2v) is 9.53. The molecule has 0 aromatic heterocycles. The van der Waals surface area contributed by atoms with E-state index in [1.807, 2.05) is 12.1 Å². The minimum absolute atomic E-state index is 0.0746. The Bertz CT molecular complexity index is 941. The summed E-state index contributed by atoms with van der Waals surface area (Å²) in [7, 11) is 4.91. The van der Waals surface area contributed by atoms with Gasteiger partial charge in [-0.2, -0.15) is 0 Å². The van der Waals surface area contributed by atoms with Crippen LogP contribution >= 0.6 is 0 Å². The van der Waals surface area contributed by atoms with E-state index in [1.54, 1.807) is 21.3 Å². The summed E-state index contributed by atoms with van der Waals surface area (Å²) in [5.41, 5.74) is 2.45. The lowest BCUT2D eigenvalue weighted by Gasteiger charge is -2.38. The molecule has 2 heterocycles. The van der Waals surface area contributed by atoms with Crippen LogP contribution < -0.4 is 14.2 Å². The standard InChI is InChI=1S/C28H38N2O4/c1-32-25-12-11-23(26(33-2)27(25)34-3)19-29-15-7-10-24(20-29)28(31)30-16-13-22(14-17-30)18-21-8-5-4-6-9-21/h4-6,8-9,11-12,22,24H,7,10,13-20H2,1-3H3. The van der Waals surface area contributed by atoms with E-state index < -0.39 is 0 Å². The van der Waals surface area contributed by atoms with Crippen LogP contribution in [0.5, 0.6) is 17.2 Å². The molecule has 2 aromatic rings. The van der Waals surface area contributed by atoms with Crippen molar-refractivity contribution in [1.29, 1.82) is 0 Å². The molecule has 34 heavy (non-hydrogen) atoms. The third-order valence-corrected chi connectivity index (χ3v) is 7.33. The number of ether oxygens (including phenoxy) is 3. The molecule has 2 saturated heterocycles. The van der Waals surface area contributed by atoms with E-state index in [0.29, 0.717) is 29.1 Å². The molecule has 6 nitrogen and oxygen atoms in total. The van der Waals surface area contributed by atoms with Gasteiger partial charge in [-0.25, -0.2) is 0 Å². The molecule has 4 rings (SSSR count). The number of methoxy groups -OCH3 is 3. The molecule has 1 unspecified atom stereocenters. The molecule has 0 N–H and O–H groups in total. The zero-order valence-electron chi connectivity index (χ0n) is 20.8. The maximum atomic E-state index is 13.4. The lowest BCUT2D eigenvalue weighted by atomic mass is 9.89. The number of carbonyl (C=O) groups excluding carboxylic acids is 1. The van der Waals surface area contributed by atoms with E-state index in [2.05, 4.69) is 40.1 Å². The van der Waals surface area contributed by atoms with Crippen molar-refractivity contribution in [3.05, 3.63) is 53.6 Å². The van der Waals surface area contributed by atoms with E-state index in [-0.39, 0.29) is 5.92 Å². The summed E-state index contributed by atoms with van der Waals surface area (Å²) in [6, 6.07) is 14.7. The van der Waals surface area contributed by atoms with Crippen LogP contribution in [0.1, 0.15) is 36.8 Å². The Labute approximate surface area is 203 Å². The molecular weight excluding hydrogens is 428 g/mol. The molecule has 184 valence electrons. The van der Waals surface area contributed by atoms with Crippen LogP contribution in [-0.4, -0.2) is 63.2 Å². The van der Waals surface area contributed by atoms with Gasteiger partial charge in [0, 0.05) is 31.7 Å². The normalized spacial score (nSPS) is 19.6. The van der Waals surface area contributed by atoms with Gasteiger partial charge in [-0.15, -0.1) is 0 Å². The van der Waals surface area contributed by atoms with Crippen molar-refractivity contribution in [2.75, 3.05) is 47.5 Å². The fourth-order valence-corrected chi connectivity index (χ4v) is 5.49. The highest BCUT2D eigenvalue weighted by Gasteiger charge is 2.32. The smallest absolute Gasteiger partial charge is 0.226 e. The molecule has 1 atom stereocenters. The van der Waals surface area contributed by atoms with Gasteiger partial charge in [0.2, 0.25) is 11.7 Å². The first-order valence-corrected chi connectivity index (χ1v) is 12.5. The molecule has 2 aliphatic heterocycles. The van der Waals surface area contributed by atoms with Crippen molar-refractivity contribution in [2.24, 2.45) is 11.8 Å². The number of nitrogens with zero attached hydrogens (tertiary/aromatic N) is 2. The summed E-state index contributed by atoms with van der Waals surface area (Å²) < 4.78 is 16.6. The highest BCUT2D eigenvalue weighted by molar-refractivity contribution is 5.79. The van der Waals surface area contributed by atoms with Crippen molar-refractivity contribution < 1.29 is 19.0 Å². The molecule has 0 spiro atoms. The first-order valence-electron chi connectivity index (χ1n) is 12.5. The Morgan fingerprint density at radius 3 is 2.29 bits per heavy atom. The van der Waals surface area contributed by atoms with Crippen LogP contribution in [0.15, 0.2) is 42.5 Å². The monoisotopic (exact) mass is 466 g/mol. The topological polar surface area (TPSA) is 51.2 Å². The molecule has 0 bridgehead atoms. The average molecular weight is 467 g/mol. The second-order valence-electron chi connectivity index (χ2n) is 9.53. The van der Waals surface area contributed by atoms with Crippen LogP contribution in [0.4, 0.5) is 0 Å². The number of benzene rings is 2. The Hall–Kier alpha value is -2.73. The van der Waals surface area contributed by atoms with Crippen molar-refractivity contribution in [1.82, 2.24) is 9.80 Å².